The SMILES string of the molecule is C=CCSCCNC1Cc2ccccc2C1. The summed E-state index contributed by atoms with van der Waals surface area (Å²) in [6.45, 7) is 4.83. The van der Waals surface area contributed by atoms with E-state index >= 15 is 0 Å². The molecule has 0 heterocycles. The van der Waals surface area contributed by atoms with Crippen molar-refractivity contribution in [3.8, 4) is 0 Å². The van der Waals surface area contributed by atoms with Gasteiger partial charge in [-0.25, -0.2) is 0 Å². The van der Waals surface area contributed by atoms with Crippen LogP contribution < -0.4 is 5.32 Å². The minimum absolute atomic E-state index is 0.654. The lowest BCUT2D eigenvalue weighted by atomic mass is 10.1. The first-order chi connectivity index (χ1) is 7.90. The second kappa shape index (κ2) is 6.12. The Balaban J connectivity index is 1.69. The fraction of sp³-hybridized carbons (Fsp3) is 0.429. The summed E-state index contributed by atoms with van der Waals surface area (Å²) in [4.78, 5) is 0. The molecule has 86 valence electrons. The van der Waals surface area contributed by atoms with Crippen LogP contribution in [-0.4, -0.2) is 24.1 Å². The molecule has 0 fully saturated rings. The summed E-state index contributed by atoms with van der Waals surface area (Å²) in [5, 5.41) is 3.63. The highest BCUT2D eigenvalue weighted by Crippen LogP contribution is 2.21. The first-order valence-electron chi connectivity index (χ1n) is 5.89. The molecule has 1 aliphatic rings. The average Bonchev–Trinajstić information content (AvgIpc) is 2.71. The zero-order chi connectivity index (χ0) is 11.2. The average molecular weight is 233 g/mol. The van der Waals surface area contributed by atoms with E-state index in [1.54, 1.807) is 0 Å². The van der Waals surface area contributed by atoms with Gasteiger partial charge in [0.2, 0.25) is 0 Å². The molecule has 1 N–H and O–H groups in total. The zero-order valence-corrected chi connectivity index (χ0v) is 10.4. The number of hydrogen-bond donors (Lipinski definition) is 1. The van der Waals surface area contributed by atoms with Crippen molar-refractivity contribution in [1.82, 2.24) is 5.32 Å². The molecule has 1 aromatic rings. The minimum atomic E-state index is 0.654. The summed E-state index contributed by atoms with van der Waals surface area (Å²) in [7, 11) is 0. The third kappa shape index (κ3) is 3.13. The van der Waals surface area contributed by atoms with Gasteiger partial charge in [-0.2, -0.15) is 11.8 Å². The Morgan fingerprint density at radius 3 is 2.62 bits per heavy atom. The van der Waals surface area contributed by atoms with E-state index in [2.05, 4.69) is 36.2 Å². The van der Waals surface area contributed by atoms with Gasteiger partial charge in [-0.1, -0.05) is 30.3 Å². The summed E-state index contributed by atoms with van der Waals surface area (Å²) in [6, 6.07) is 9.44. The Kier molecular flexibility index (Phi) is 4.49. The fourth-order valence-corrected chi connectivity index (χ4v) is 2.80. The molecule has 16 heavy (non-hydrogen) atoms. The summed E-state index contributed by atoms with van der Waals surface area (Å²) in [6.07, 6.45) is 4.36. The standard InChI is InChI=1S/C14H19NS/c1-2-8-16-9-7-15-14-10-12-5-3-4-6-13(12)11-14/h2-6,14-15H,1,7-11H2. The second-order valence-corrected chi connectivity index (χ2v) is 5.34. The van der Waals surface area contributed by atoms with Crippen molar-refractivity contribution in [1.29, 1.82) is 0 Å². The summed E-state index contributed by atoms with van der Waals surface area (Å²) in [5.41, 5.74) is 3.05. The smallest absolute Gasteiger partial charge is 0.0148 e. The lowest BCUT2D eigenvalue weighted by molar-refractivity contribution is 0.554. The van der Waals surface area contributed by atoms with E-state index in [0.29, 0.717) is 6.04 Å². The molecule has 1 nitrogen and oxygen atoms in total. The van der Waals surface area contributed by atoms with Crippen molar-refractivity contribution in [2.24, 2.45) is 0 Å². The normalized spacial score (nSPS) is 15.0. The molecule has 0 aromatic heterocycles. The Labute approximate surface area is 102 Å². The summed E-state index contributed by atoms with van der Waals surface area (Å²) < 4.78 is 0. The molecule has 2 rings (SSSR count). The molecular formula is C14H19NS. The fourth-order valence-electron chi connectivity index (χ4n) is 2.21. The summed E-state index contributed by atoms with van der Waals surface area (Å²) >= 11 is 1.94. The highest BCUT2D eigenvalue weighted by molar-refractivity contribution is 7.99. The molecule has 0 atom stereocenters. The van der Waals surface area contributed by atoms with Gasteiger partial charge in [-0.05, 0) is 24.0 Å². The Bertz CT molecular complexity index is 323. The predicted molar refractivity (Wildman–Crippen MR) is 73.2 cm³/mol. The molecular weight excluding hydrogens is 214 g/mol. The first kappa shape index (κ1) is 11.7. The molecule has 2 heteroatoms. The zero-order valence-electron chi connectivity index (χ0n) is 9.61. The monoisotopic (exact) mass is 233 g/mol. The molecule has 0 unspecified atom stereocenters. The van der Waals surface area contributed by atoms with Crippen molar-refractivity contribution >= 4 is 11.8 Å². The molecule has 1 aliphatic carbocycles. The van der Waals surface area contributed by atoms with Crippen LogP contribution in [0, 0.1) is 0 Å². The Hall–Kier alpha value is -0.730. The van der Waals surface area contributed by atoms with Gasteiger partial charge in [0.1, 0.15) is 0 Å². The molecule has 0 radical (unpaired) electrons. The van der Waals surface area contributed by atoms with Crippen molar-refractivity contribution < 1.29 is 0 Å². The van der Waals surface area contributed by atoms with Crippen LogP contribution in [0.2, 0.25) is 0 Å². The lowest BCUT2D eigenvalue weighted by Gasteiger charge is -2.10. The van der Waals surface area contributed by atoms with Gasteiger partial charge >= 0.3 is 0 Å². The van der Waals surface area contributed by atoms with Gasteiger partial charge in [0.15, 0.2) is 0 Å². The van der Waals surface area contributed by atoms with E-state index in [9.17, 15) is 0 Å². The topological polar surface area (TPSA) is 12.0 Å². The molecule has 0 aliphatic heterocycles. The van der Waals surface area contributed by atoms with Crippen LogP contribution >= 0.6 is 11.8 Å². The summed E-state index contributed by atoms with van der Waals surface area (Å²) in [5.74, 6) is 2.24. The van der Waals surface area contributed by atoms with Crippen molar-refractivity contribution in [2.45, 2.75) is 18.9 Å². The second-order valence-electron chi connectivity index (χ2n) is 4.19. The van der Waals surface area contributed by atoms with E-state index < -0.39 is 0 Å². The van der Waals surface area contributed by atoms with E-state index in [4.69, 9.17) is 0 Å². The van der Waals surface area contributed by atoms with Crippen LogP contribution in [0.25, 0.3) is 0 Å². The van der Waals surface area contributed by atoms with Crippen LogP contribution in [0.5, 0.6) is 0 Å². The maximum atomic E-state index is 3.72. The number of hydrogen-bond acceptors (Lipinski definition) is 2. The third-order valence-corrected chi connectivity index (χ3v) is 3.93. The Morgan fingerprint density at radius 2 is 2.00 bits per heavy atom. The third-order valence-electron chi connectivity index (χ3n) is 2.97. The minimum Gasteiger partial charge on any atom is -0.312 e. The maximum Gasteiger partial charge on any atom is 0.0148 e. The quantitative estimate of drug-likeness (QED) is 0.599. The van der Waals surface area contributed by atoms with Crippen molar-refractivity contribution in [3.63, 3.8) is 0 Å². The molecule has 0 spiro atoms. The number of benzene rings is 1. The van der Waals surface area contributed by atoms with Gasteiger partial charge in [-0.15, -0.1) is 6.58 Å². The van der Waals surface area contributed by atoms with Crippen molar-refractivity contribution in [3.05, 3.63) is 48.0 Å². The lowest BCUT2D eigenvalue weighted by Crippen LogP contribution is -2.31. The van der Waals surface area contributed by atoms with Gasteiger partial charge in [0, 0.05) is 24.1 Å². The van der Waals surface area contributed by atoms with E-state index in [1.165, 1.54) is 29.7 Å². The van der Waals surface area contributed by atoms with Crippen molar-refractivity contribution in [2.75, 3.05) is 18.1 Å². The molecule has 0 amide bonds. The van der Waals surface area contributed by atoms with Gasteiger partial charge in [0.05, 0.1) is 0 Å². The maximum absolute atomic E-state index is 3.72. The predicted octanol–water partition coefficient (Wildman–Crippen LogP) is 2.66. The van der Waals surface area contributed by atoms with Gasteiger partial charge in [-0.3, -0.25) is 0 Å². The van der Waals surface area contributed by atoms with E-state index in [0.717, 1.165) is 12.3 Å². The largest absolute Gasteiger partial charge is 0.312 e. The Morgan fingerprint density at radius 1 is 1.31 bits per heavy atom. The van der Waals surface area contributed by atoms with Crippen LogP contribution in [-0.2, 0) is 12.8 Å². The molecule has 0 saturated heterocycles. The number of rotatable bonds is 6. The highest BCUT2D eigenvalue weighted by atomic mass is 32.2. The van der Waals surface area contributed by atoms with E-state index in [-0.39, 0.29) is 0 Å². The molecule has 0 bridgehead atoms. The highest BCUT2D eigenvalue weighted by Gasteiger charge is 2.19. The number of thioether (sulfide) groups is 1. The molecule has 1 aromatic carbocycles. The van der Waals surface area contributed by atoms with Crippen LogP contribution in [0.4, 0.5) is 0 Å². The van der Waals surface area contributed by atoms with Crippen LogP contribution in [0.1, 0.15) is 11.1 Å². The van der Waals surface area contributed by atoms with Gasteiger partial charge in [0.25, 0.3) is 0 Å². The van der Waals surface area contributed by atoms with Crippen LogP contribution in [0.3, 0.4) is 0 Å². The van der Waals surface area contributed by atoms with E-state index in [1.807, 2.05) is 17.8 Å². The first-order valence-corrected chi connectivity index (χ1v) is 7.04. The molecule has 0 saturated carbocycles. The van der Waals surface area contributed by atoms with Crippen LogP contribution in [0.15, 0.2) is 36.9 Å². The number of nitrogens with one attached hydrogen (secondary N) is 1. The van der Waals surface area contributed by atoms with Gasteiger partial charge < -0.3 is 5.32 Å². The number of fused-ring (bicyclic) bond motifs is 1.